The molecule has 1 heterocycles. The Bertz CT molecular complexity index is 187. The summed E-state index contributed by atoms with van der Waals surface area (Å²) >= 11 is 5.47. The number of halogens is 1. The largest absolute Gasteiger partial charge is 0.461 e. The summed E-state index contributed by atoms with van der Waals surface area (Å²) < 4.78 is 4.75. The lowest BCUT2D eigenvalue weighted by molar-refractivity contribution is -0.144. The Labute approximate surface area is 69.6 Å². The van der Waals surface area contributed by atoms with Crippen LogP contribution in [-0.2, 0) is 9.53 Å². The molecule has 0 bridgehead atoms. The molecule has 1 rings (SSSR count). The van der Waals surface area contributed by atoms with Crippen LogP contribution in [0.5, 0.6) is 0 Å². The van der Waals surface area contributed by atoms with Crippen LogP contribution in [0.2, 0.25) is 0 Å². The summed E-state index contributed by atoms with van der Waals surface area (Å²) in [5, 5.41) is 5.28. The predicted molar refractivity (Wildman–Crippen MR) is 39.3 cm³/mol. The van der Waals surface area contributed by atoms with Crippen LogP contribution < -0.4 is 0 Å². The first-order valence-corrected chi connectivity index (χ1v) is 3.87. The van der Waals surface area contributed by atoms with E-state index in [1.165, 1.54) is 0 Å². The highest BCUT2D eigenvalue weighted by Crippen LogP contribution is 2.33. The molecule has 0 unspecified atom stereocenters. The first-order chi connectivity index (χ1) is 5.19. The first kappa shape index (κ1) is 8.46. The lowest BCUT2D eigenvalue weighted by Crippen LogP contribution is -2.20. The van der Waals surface area contributed by atoms with Crippen LogP contribution in [0.3, 0.4) is 0 Å². The van der Waals surface area contributed by atoms with E-state index in [1.54, 1.807) is 0 Å². The maximum atomic E-state index is 10.9. The highest BCUT2D eigenvalue weighted by Gasteiger charge is 2.48. The van der Waals surface area contributed by atoms with Crippen molar-refractivity contribution in [3.8, 4) is 0 Å². The first-order valence-electron chi connectivity index (χ1n) is 3.49. The third-order valence-electron chi connectivity index (χ3n) is 1.27. The zero-order valence-electron chi connectivity index (χ0n) is 6.21. The molecule has 4 nitrogen and oxygen atoms in total. The summed E-state index contributed by atoms with van der Waals surface area (Å²) in [6, 6.07) is 0. The maximum absolute atomic E-state index is 10.9. The van der Waals surface area contributed by atoms with Gasteiger partial charge in [0, 0.05) is 0 Å². The number of hydrogen-bond acceptors (Lipinski definition) is 4. The van der Waals surface area contributed by atoms with Gasteiger partial charge in [0.05, 0.1) is 6.61 Å². The number of ether oxygens (including phenoxy) is 1. The smallest absolute Gasteiger partial charge is 0.376 e. The molecular weight excluding hydrogens is 168 g/mol. The van der Waals surface area contributed by atoms with Crippen molar-refractivity contribution in [1.82, 2.24) is 0 Å². The van der Waals surface area contributed by atoms with Crippen molar-refractivity contribution in [3.63, 3.8) is 0 Å². The summed E-state index contributed by atoms with van der Waals surface area (Å²) in [6.45, 7) is 2.41. The number of nitrogens with zero attached hydrogens (tertiary/aromatic N) is 2. The average Bonchev–Trinajstić information content (AvgIpc) is 2.70. The predicted octanol–water partition coefficient (Wildman–Crippen LogP) is 1.69. The van der Waals surface area contributed by atoms with Gasteiger partial charge in [0.15, 0.2) is 0 Å². The maximum Gasteiger partial charge on any atom is 0.376 e. The Morgan fingerprint density at radius 3 is 2.73 bits per heavy atom. The number of carbonyl (C=O) groups is 1. The zero-order valence-corrected chi connectivity index (χ0v) is 6.97. The van der Waals surface area contributed by atoms with Crippen LogP contribution in [0.1, 0.15) is 19.8 Å². The molecule has 0 aromatic carbocycles. The Hall–Kier alpha value is -0.640. The van der Waals surface area contributed by atoms with Crippen LogP contribution in [0, 0.1) is 0 Å². The fourth-order valence-electron chi connectivity index (χ4n) is 0.527. The number of carbonyl (C=O) groups excluding carboxylic acids is 1. The molecule has 0 amide bonds. The van der Waals surface area contributed by atoms with Crippen molar-refractivity contribution < 1.29 is 9.53 Å². The zero-order chi connectivity index (χ0) is 8.32. The van der Waals surface area contributed by atoms with Gasteiger partial charge in [0.1, 0.15) is 0 Å². The number of alkyl halides is 1. The van der Waals surface area contributed by atoms with E-state index >= 15 is 0 Å². The summed E-state index contributed by atoms with van der Waals surface area (Å²) in [5.74, 6) is -0.562. The summed E-state index contributed by atoms with van der Waals surface area (Å²) in [5.41, 5.74) is 0. The lowest BCUT2D eigenvalue weighted by Gasteiger charge is -2.02. The Kier molecular flexibility index (Phi) is 2.44. The molecule has 0 spiro atoms. The molecule has 1 aliphatic heterocycles. The van der Waals surface area contributed by atoms with E-state index < -0.39 is 11.1 Å². The van der Waals surface area contributed by atoms with Gasteiger partial charge in [0.2, 0.25) is 0 Å². The van der Waals surface area contributed by atoms with E-state index in [9.17, 15) is 4.79 Å². The van der Waals surface area contributed by atoms with Crippen molar-refractivity contribution in [2.45, 2.75) is 24.9 Å². The van der Waals surface area contributed by atoms with E-state index in [4.69, 9.17) is 16.3 Å². The van der Waals surface area contributed by atoms with Crippen LogP contribution in [0.15, 0.2) is 10.2 Å². The van der Waals surface area contributed by atoms with Crippen LogP contribution >= 0.6 is 11.6 Å². The molecule has 0 aliphatic carbocycles. The molecule has 0 N–H and O–H groups in total. The highest BCUT2D eigenvalue weighted by atomic mass is 35.5. The lowest BCUT2D eigenvalue weighted by atomic mass is 10.4. The van der Waals surface area contributed by atoms with Crippen molar-refractivity contribution in [2.24, 2.45) is 10.2 Å². The van der Waals surface area contributed by atoms with Gasteiger partial charge in [-0.25, -0.2) is 4.79 Å². The minimum atomic E-state index is -1.38. The second kappa shape index (κ2) is 3.17. The minimum Gasteiger partial charge on any atom is -0.461 e. The second-order valence-electron chi connectivity index (χ2n) is 2.28. The van der Waals surface area contributed by atoms with Crippen molar-refractivity contribution in [1.29, 1.82) is 0 Å². The van der Waals surface area contributed by atoms with Crippen molar-refractivity contribution in [2.75, 3.05) is 6.61 Å². The standard InChI is InChI=1S/C6H9ClN2O2/c1-2-3-4-11-5(10)6(7)8-9-6/h2-4H2,1H3. The summed E-state index contributed by atoms with van der Waals surface area (Å²) in [6.07, 6.45) is 1.83. The Balaban J connectivity index is 2.12. The molecular formula is C6H9ClN2O2. The molecule has 0 saturated carbocycles. The number of hydrogen-bond donors (Lipinski definition) is 0. The molecule has 11 heavy (non-hydrogen) atoms. The van der Waals surface area contributed by atoms with Crippen molar-refractivity contribution >= 4 is 17.6 Å². The monoisotopic (exact) mass is 176 g/mol. The molecule has 0 aromatic heterocycles. The van der Waals surface area contributed by atoms with Gasteiger partial charge < -0.3 is 4.74 Å². The van der Waals surface area contributed by atoms with Crippen LogP contribution in [0.4, 0.5) is 0 Å². The Morgan fingerprint density at radius 1 is 1.64 bits per heavy atom. The van der Waals surface area contributed by atoms with Gasteiger partial charge >= 0.3 is 11.1 Å². The minimum absolute atomic E-state index is 0.398. The average molecular weight is 177 g/mol. The van der Waals surface area contributed by atoms with Crippen molar-refractivity contribution in [3.05, 3.63) is 0 Å². The van der Waals surface area contributed by atoms with Crippen LogP contribution in [-0.4, -0.2) is 17.7 Å². The van der Waals surface area contributed by atoms with Crippen LogP contribution in [0.25, 0.3) is 0 Å². The van der Waals surface area contributed by atoms with Gasteiger partial charge in [-0.15, -0.1) is 10.2 Å². The fourth-order valence-corrected chi connectivity index (χ4v) is 0.619. The molecule has 0 saturated heterocycles. The molecule has 1 aliphatic rings. The van der Waals surface area contributed by atoms with E-state index in [1.807, 2.05) is 6.92 Å². The highest BCUT2D eigenvalue weighted by molar-refractivity contribution is 6.34. The second-order valence-corrected chi connectivity index (χ2v) is 2.80. The normalized spacial score (nSPS) is 18.0. The SMILES string of the molecule is CCCCOC(=O)C1(Cl)N=N1. The molecule has 0 aromatic rings. The topological polar surface area (TPSA) is 51.0 Å². The number of rotatable bonds is 4. The molecule has 62 valence electrons. The van der Waals surface area contributed by atoms with Gasteiger partial charge in [0.25, 0.3) is 0 Å². The third kappa shape index (κ3) is 2.15. The summed E-state index contributed by atoms with van der Waals surface area (Å²) in [7, 11) is 0. The van der Waals surface area contributed by atoms with E-state index in [0.29, 0.717) is 6.61 Å². The third-order valence-corrected chi connectivity index (χ3v) is 1.57. The van der Waals surface area contributed by atoms with E-state index in [-0.39, 0.29) is 0 Å². The van der Waals surface area contributed by atoms with E-state index in [0.717, 1.165) is 12.8 Å². The number of unbranched alkanes of at least 4 members (excludes halogenated alkanes) is 1. The van der Waals surface area contributed by atoms with Gasteiger partial charge in [-0.2, -0.15) is 0 Å². The Morgan fingerprint density at radius 2 is 2.27 bits per heavy atom. The van der Waals surface area contributed by atoms with Gasteiger partial charge in [-0.3, -0.25) is 0 Å². The molecule has 5 heteroatoms. The summed E-state index contributed by atoms with van der Waals surface area (Å²) in [4.78, 5) is 10.9. The molecule has 0 radical (unpaired) electrons. The fraction of sp³-hybridized carbons (Fsp3) is 0.833. The van der Waals surface area contributed by atoms with E-state index in [2.05, 4.69) is 10.2 Å². The molecule has 0 fully saturated rings. The van der Waals surface area contributed by atoms with Gasteiger partial charge in [-0.1, -0.05) is 24.9 Å². The number of esters is 1. The molecule has 0 atom stereocenters. The quantitative estimate of drug-likeness (QED) is 0.283. The van der Waals surface area contributed by atoms with Gasteiger partial charge in [-0.05, 0) is 6.42 Å².